The van der Waals surface area contributed by atoms with Crippen LogP contribution in [0.15, 0.2) is 12.1 Å². The molecule has 2 aliphatic heterocycles. The molecule has 0 saturated heterocycles. The van der Waals surface area contributed by atoms with E-state index in [0.717, 1.165) is 38.0 Å². The summed E-state index contributed by atoms with van der Waals surface area (Å²) in [7, 11) is 2.17. The van der Waals surface area contributed by atoms with Crippen molar-refractivity contribution in [3.63, 3.8) is 0 Å². The summed E-state index contributed by atoms with van der Waals surface area (Å²) in [6.45, 7) is 2.23. The number of fused-ring (bicyclic) bond motifs is 2. The number of rotatable bonds is 0. The Morgan fingerprint density at radius 1 is 1.12 bits per heavy atom. The highest BCUT2D eigenvalue weighted by Crippen LogP contribution is 2.30. The number of nitrogens with one attached hydrogen (secondary N) is 1. The number of nitrogens with zero attached hydrogens (tertiary/aromatic N) is 1. The standard InChI is InChI=1S/C14H19FN2/c1-17-6-4-10-8-12-2-3-14(15)16-13(12)9-11(10)5-7-17/h8-9,14,16H,2-7H2,1H3. The molecule has 1 unspecified atom stereocenters. The first-order valence-electron chi connectivity index (χ1n) is 6.46. The molecule has 1 aromatic rings. The smallest absolute Gasteiger partial charge is 0.170 e. The fourth-order valence-corrected chi connectivity index (χ4v) is 2.80. The Bertz CT molecular complexity index is 430. The summed E-state index contributed by atoms with van der Waals surface area (Å²) in [5.41, 5.74) is 5.18. The number of likely N-dealkylation sites (N-methyl/N-ethyl adjacent to an activating group) is 1. The van der Waals surface area contributed by atoms with E-state index >= 15 is 0 Å². The predicted octanol–water partition coefficient (Wildman–Crippen LogP) is 2.37. The van der Waals surface area contributed by atoms with Crippen LogP contribution >= 0.6 is 0 Å². The lowest BCUT2D eigenvalue weighted by atomic mass is 9.94. The SMILES string of the molecule is CN1CCc2cc3c(cc2CC1)NC(F)CC3. The van der Waals surface area contributed by atoms with Gasteiger partial charge in [-0.2, -0.15) is 0 Å². The minimum absolute atomic E-state index is 0.603. The Balaban J connectivity index is 1.95. The van der Waals surface area contributed by atoms with Crippen LogP contribution in [-0.2, 0) is 19.3 Å². The molecule has 1 atom stereocenters. The Morgan fingerprint density at radius 3 is 2.59 bits per heavy atom. The van der Waals surface area contributed by atoms with Crippen LogP contribution in [0.5, 0.6) is 0 Å². The van der Waals surface area contributed by atoms with Crippen LogP contribution in [0.3, 0.4) is 0 Å². The van der Waals surface area contributed by atoms with Crippen molar-refractivity contribution in [3.8, 4) is 0 Å². The monoisotopic (exact) mass is 234 g/mol. The third-order valence-corrected chi connectivity index (χ3v) is 3.93. The zero-order chi connectivity index (χ0) is 11.8. The van der Waals surface area contributed by atoms with Gasteiger partial charge in [0.25, 0.3) is 0 Å². The van der Waals surface area contributed by atoms with E-state index in [-0.39, 0.29) is 0 Å². The molecule has 3 heteroatoms. The van der Waals surface area contributed by atoms with Crippen molar-refractivity contribution in [3.05, 3.63) is 28.8 Å². The van der Waals surface area contributed by atoms with Gasteiger partial charge in [-0.05, 0) is 49.1 Å². The molecule has 2 aliphatic rings. The van der Waals surface area contributed by atoms with Crippen molar-refractivity contribution >= 4 is 5.69 Å². The molecule has 92 valence electrons. The minimum atomic E-state index is -0.867. The van der Waals surface area contributed by atoms with Gasteiger partial charge in [-0.3, -0.25) is 0 Å². The average molecular weight is 234 g/mol. The van der Waals surface area contributed by atoms with Gasteiger partial charge in [-0.25, -0.2) is 4.39 Å². The summed E-state index contributed by atoms with van der Waals surface area (Å²) in [5, 5.41) is 2.96. The summed E-state index contributed by atoms with van der Waals surface area (Å²) >= 11 is 0. The number of benzene rings is 1. The summed E-state index contributed by atoms with van der Waals surface area (Å²) in [6, 6.07) is 4.47. The van der Waals surface area contributed by atoms with Crippen LogP contribution in [0.4, 0.5) is 10.1 Å². The number of hydrogen-bond donors (Lipinski definition) is 1. The zero-order valence-electron chi connectivity index (χ0n) is 10.3. The number of anilines is 1. The van der Waals surface area contributed by atoms with E-state index in [9.17, 15) is 4.39 Å². The van der Waals surface area contributed by atoms with Crippen molar-refractivity contribution in [2.75, 3.05) is 25.5 Å². The highest BCUT2D eigenvalue weighted by molar-refractivity contribution is 5.58. The summed E-state index contributed by atoms with van der Waals surface area (Å²) < 4.78 is 13.3. The summed E-state index contributed by atoms with van der Waals surface area (Å²) in [5.74, 6) is 0. The van der Waals surface area contributed by atoms with E-state index in [0.29, 0.717) is 6.42 Å². The highest BCUT2D eigenvalue weighted by atomic mass is 19.1. The second-order valence-electron chi connectivity index (χ2n) is 5.23. The Labute approximate surface area is 102 Å². The van der Waals surface area contributed by atoms with Gasteiger partial charge in [0.15, 0.2) is 6.30 Å². The van der Waals surface area contributed by atoms with Gasteiger partial charge >= 0.3 is 0 Å². The fraction of sp³-hybridized carbons (Fsp3) is 0.571. The van der Waals surface area contributed by atoms with Crippen LogP contribution in [-0.4, -0.2) is 31.3 Å². The lowest BCUT2D eigenvalue weighted by molar-refractivity contribution is 0.344. The Hall–Kier alpha value is -1.09. The molecule has 17 heavy (non-hydrogen) atoms. The first kappa shape index (κ1) is 11.0. The van der Waals surface area contributed by atoms with E-state index < -0.39 is 6.30 Å². The molecule has 0 spiro atoms. The number of alkyl halides is 1. The van der Waals surface area contributed by atoms with Gasteiger partial charge < -0.3 is 10.2 Å². The summed E-state index contributed by atoms with van der Waals surface area (Å²) in [6.07, 6.45) is 2.81. The third-order valence-electron chi connectivity index (χ3n) is 3.93. The molecule has 3 rings (SSSR count). The molecule has 0 bridgehead atoms. The predicted molar refractivity (Wildman–Crippen MR) is 68.2 cm³/mol. The van der Waals surface area contributed by atoms with E-state index in [1.165, 1.54) is 16.7 Å². The van der Waals surface area contributed by atoms with Crippen molar-refractivity contribution in [1.82, 2.24) is 4.90 Å². The molecule has 0 fully saturated rings. The maximum absolute atomic E-state index is 13.3. The van der Waals surface area contributed by atoms with Crippen LogP contribution in [0.25, 0.3) is 0 Å². The van der Waals surface area contributed by atoms with E-state index in [1.54, 1.807) is 0 Å². The second-order valence-corrected chi connectivity index (χ2v) is 5.23. The number of halogens is 1. The molecule has 0 radical (unpaired) electrons. The average Bonchev–Trinajstić information content (AvgIpc) is 2.49. The van der Waals surface area contributed by atoms with Gasteiger partial charge in [0.2, 0.25) is 0 Å². The Kier molecular flexibility index (Phi) is 2.79. The molecular formula is C14H19FN2. The molecule has 0 amide bonds. The van der Waals surface area contributed by atoms with Crippen LogP contribution < -0.4 is 5.32 Å². The van der Waals surface area contributed by atoms with Crippen LogP contribution in [0.1, 0.15) is 23.1 Å². The molecule has 1 N–H and O–H groups in total. The van der Waals surface area contributed by atoms with Crippen molar-refractivity contribution in [1.29, 1.82) is 0 Å². The van der Waals surface area contributed by atoms with E-state index in [2.05, 4.69) is 29.4 Å². The van der Waals surface area contributed by atoms with Gasteiger partial charge in [0.1, 0.15) is 0 Å². The van der Waals surface area contributed by atoms with Gasteiger partial charge in [-0.15, -0.1) is 0 Å². The highest BCUT2D eigenvalue weighted by Gasteiger charge is 2.20. The molecular weight excluding hydrogens is 215 g/mol. The van der Waals surface area contributed by atoms with Crippen molar-refractivity contribution in [2.24, 2.45) is 0 Å². The normalized spacial score (nSPS) is 24.5. The maximum atomic E-state index is 13.3. The first-order valence-corrected chi connectivity index (χ1v) is 6.46. The maximum Gasteiger partial charge on any atom is 0.170 e. The van der Waals surface area contributed by atoms with Crippen LogP contribution in [0, 0.1) is 0 Å². The van der Waals surface area contributed by atoms with E-state index in [4.69, 9.17) is 0 Å². The van der Waals surface area contributed by atoms with Crippen LogP contribution in [0.2, 0.25) is 0 Å². The molecule has 1 aromatic carbocycles. The topological polar surface area (TPSA) is 15.3 Å². The number of hydrogen-bond acceptors (Lipinski definition) is 2. The van der Waals surface area contributed by atoms with Crippen molar-refractivity contribution in [2.45, 2.75) is 32.0 Å². The molecule has 2 heterocycles. The van der Waals surface area contributed by atoms with E-state index in [1.807, 2.05) is 0 Å². The second kappa shape index (κ2) is 4.30. The van der Waals surface area contributed by atoms with Gasteiger partial charge in [-0.1, -0.05) is 6.07 Å². The summed E-state index contributed by atoms with van der Waals surface area (Å²) in [4.78, 5) is 2.37. The van der Waals surface area contributed by atoms with Gasteiger partial charge in [0.05, 0.1) is 0 Å². The fourth-order valence-electron chi connectivity index (χ4n) is 2.80. The number of aryl methyl sites for hydroxylation is 1. The molecule has 0 saturated carbocycles. The zero-order valence-corrected chi connectivity index (χ0v) is 10.3. The lowest BCUT2D eigenvalue weighted by Crippen LogP contribution is -2.21. The third kappa shape index (κ3) is 2.16. The molecule has 2 nitrogen and oxygen atoms in total. The van der Waals surface area contributed by atoms with Crippen molar-refractivity contribution < 1.29 is 4.39 Å². The largest absolute Gasteiger partial charge is 0.356 e. The molecule has 0 aromatic heterocycles. The minimum Gasteiger partial charge on any atom is -0.356 e. The lowest BCUT2D eigenvalue weighted by Gasteiger charge is -2.23. The molecule has 0 aliphatic carbocycles. The quantitative estimate of drug-likeness (QED) is 0.693. The van der Waals surface area contributed by atoms with Gasteiger partial charge in [0, 0.05) is 25.2 Å². The first-order chi connectivity index (χ1) is 8.22. The Morgan fingerprint density at radius 2 is 1.82 bits per heavy atom.